The second-order valence-electron chi connectivity index (χ2n) is 4.51. The third-order valence-electron chi connectivity index (χ3n) is 3.25. The van der Waals surface area contributed by atoms with Crippen molar-refractivity contribution >= 4 is 5.91 Å². The van der Waals surface area contributed by atoms with Crippen LogP contribution in [0.1, 0.15) is 39.0 Å². The summed E-state index contributed by atoms with van der Waals surface area (Å²) in [5.74, 6) is 2.55. The molecule has 1 N–H and O–H groups in total. The number of hydrogen-bond donors (Lipinski definition) is 1. The highest BCUT2D eigenvalue weighted by Crippen LogP contribution is 2.41. The first kappa shape index (κ1) is 14.9. The third kappa shape index (κ3) is 4.25. The van der Waals surface area contributed by atoms with Gasteiger partial charge in [0.2, 0.25) is 5.91 Å². The highest BCUT2D eigenvalue weighted by Gasteiger charge is 2.47. The Morgan fingerprint density at radius 2 is 2.00 bits per heavy atom. The molecule has 5 heteroatoms. The minimum Gasteiger partial charge on any atom is -0.355 e. The van der Waals surface area contributed by atoms with Gasteiger partial charge in [-0.2, -0.15) is 13.2 Å². The van der Waals surface area contributed by atoms with Crippen LogP contribution in [0.25, 0.3) is 0 Å². The Hall–Kier alpha value is -1.18. The monoisotopic (exact) mass is 261 g/mol. The van der Waals surface area contributed by atoms with Gasteiger partial charge in [0.25, 0.3) is 0 Å². The molecule has 0 aliphatic heterocycles. The lowest BCUT2D eigenvalue weighted by molar-refractivity contribution is -0.198. The van der Waals surface area contributed by atoms with Crippen molar-refractivity contribution in [2.45, 2.75) is 45.2 Å². The molecule has 1 rings (SSSR count). The summed E-state index contributed by atoms with van der Waals surface area (Å²) in [5.41, 5.74) is 0. The Morgan fingerprint density at radius 3 is 2.61 bits per heavy atom. The zero-order chi connectivity index (χ0) is 13.6. The summed E-state index contributed by atoms with van der Waals surface area (Å²) in [5, 5.41) is 2.55. The van der Waals surface area contributed by atoms with E-state index in [0.717, 1.165) is 0 Å². The quantitative estimate of drug-likeness (QED) is 0.614. The zero-order valence-corrected chi connectivity index (χ0v) is 10.4. The maximum atomic E-state index is 12.8. The van der Waals surface area contributed by atoms with E-state index in [1.54, 1.807) is 6.92 Å². The lowest BCUT2D eigenvalue weighted by Gasteiger charge is -2.31. The topological polar surface area (TPSA) is 29.1 Å². The van der Waals surface area contributed by atoms with Gasteiger partial charge in [0.15, 0.2) is 0 Å². The molecule has 2 nitrogen and oxygen atoms in total. The summed E-state index contributed by atoms with van der Waals surface area (Å²) in [6, 6.07) is 0. The van der Waals surface area contributed by atoms with Gasteiger partial charge in [-0.1, -0.05) is 12.8 Å². The van der Waals surface area contributed by atoms with Gasteiger partial charge in [-0.15, -0.1) is 11.8 Å². The first-order chi connectivity index (χ1) is 8.46. The fraction of sp³-hybridized carbons (Fsp3) is 0.769. The first-order valence-corrected chi connectivity index (χ1v) is 6.21. The third-order valence-corrected chi connectivity index (χ3v) is 3.25. The summed E-state index contributed by atoms with van der Waals surface area (Å²) >= 11 is 0. The van der Waals surface area contributed by atoms with E-state index in [0.29, 0.717) is 32.2 Å². The van der Waals surface area contributed by atoms with Crippen LogP contribution < -0.4 is 5.32 Å². The number of halogens is 3. The van der Waals surface area contributed by atoms with Gasteiger partial charge in [0.1, 0.15) is 0 Å². The number of carbonyl (C=O) groups excluding carboxylic acids is 1. The fourth-order valence-electron chi connectivity index (χ4n) is 2.34. The minimum atomic E-state index is -4.27. The molecule has 0 heterocycles. The normalized spacial score (nSPS) is 24.0. The van der Waals surface area contributed by atoms with E-state index < -0.39 is 23.9 Å². The molecule has 0 radical (unpaired) electrons. The molecule has 2 atom stereocenters. The SMILES string of the molecule is CC#CCCNC(=O)C1CCCCC1C(F)(F)F. The average molecular weight is 261 g/mol. The van der Waals surface area contributed by atoms with Crippen molar-refractivity contribution in [1.29, 1.82) is 0 Å². The van der Waals surface area contributed by atoms with Crippen LogP contribution in [0.3, 0.4) is 0 Å². The summed E-state index contributed by atoms with van der Waals surface area (Å²) in [6.45, 7) is 2.00. The molecule has 1 fully saturated rings. The molecule has 0 aromatic heterocycles. The van der Waals surface area contributed by atoms with Gasteiger partial charge >= 0.3 is 6.18 Å². The number of alkyl halides is 3. The summed E-state index contributed by atoms with van der Waals surface area (Å²) in [6.07, 6.45) is -2.15. The fourth-order valence-corrected chi connectivity index (χ4v) is 2.34. The second-order valence-corrected chi connectivity index (χ2v) is 4.51. The molecule has 102 valence electrons. The van der Waals surface area contributed by atoms with E-state index in [-0.39, 0.29) is 6.42 Å². The molecule has 18 heavy (non-hydrogen) atoms. The van der Waals surface area contributed by atoms with Crippen molar-refractivity contribution in [1.82, 2.24) is 5.32 Å². The Balaban J connectivity index is 2.54. The van der Waals surface area contributed by atoms with Gasteiger partial charge in [-0.25, -0.2) is 0 Å². The molecule has 0 aromatic carbocycles. The molecule has 1 amide bonds. The Morgan fingerprint density at radius 1 is 1.33 bits per heavy atom. The zero-order valence-electron chi connectivity index (χ0n) is 10.4. The number of rotatable bonds is 3. The standard InChI is InChI=1S/C13H18F3NO/c1-2-3-6-9-17-12(18)10-7-4-5-8-11(10)13(14,15)16/h10-11H,4-9H2,1H3,(H,17,18). The van der Waals surface area contributed by atoms with Gasteiger partial charge < -0.3 is 5.32 Å². The van der Waals surface area contributed by atoms with Crippen molar-refractivity contribution in [3.63, 3.8) is 0 Å². The largest absolute Gasteiger partial charge is 0.392 e. The van der Waals surface area contributed by atoms with Crippen molar-refractivity contribution in [3.8, 4) is 11.8 Å². The Bertz CT molecular complexity index is 340. The summed E-state index contributed by atoms with van der Waals surface area (Å²) in [7, 11) is 0. The molecular weight excluding hydrogens is 243 g/mol. The molecule has 1 saturated carbocycles. The van der Waals surface area contributed by atoms with Crippen LogP contribution in [0.5, 0.6) is 0 Å². The van der Waals surface area contributed by atoms with Crippen molar-refractivity contribution < 1.29 is 18.0 Å². The highest BCUT2D eigenvalue weighted by atomic mass is 19.4. The smallest absolute Gasteiger partial charge is 0.355 e. The molecule has 2 unspecified atom stereocenters. The number of carbonyl (C=O) groups is 1. The number of amides is 1. The molecule has 0 spiro atoms. The number of hydrogen-bond acceptors (Lipinski definition) is 1. The molecule has 0 aromatic rings. The van der Waals surface area contributed by atoms with E-state index in [1.807, 2.05) is 0 Å². The molecule has 0 bridgehead atoms. The van der Waals surface area contributed by atoms with E-state index in [4.69, 9.17) is 0 Å². The van der Waals surface area contributed by atoms with Crippen LogP contribution in [-0.4, -0.2) is 18.6 Å². The van der Waals surface area contributed by atoms with E-state index in [2.05, 4.69) is 17.2 Å². The van der Waals surface area contributed by atoms with Gasteiger partial charge in [0.05, 0.1) is 5.92 Å². The maximum Gasteiger partial charge on any atom is 0.392 e. The predicted molar refractivity (Wildman–Crippen MR) is 62.6 cm³/mol. The van der Waals surface area contributed by atoms with Crippen molar-refractivity contribution in [2.75, 3.05) is 6.54 Å². The van der Waals surface area contributed by atoms with Crippen LogP contribution in [0.4, 0.5) is 13.2 Å². The van der Waals surface area contributed by atoms with Crippen LogP contribution >= 0.6 is 0 Å². The van der Waals surface area contributed by atoms with Crippen molar-refractivity contribution in [2.24, 2.45) is 11.8 Å². The molecule has 0 saturated heterocycles. The van der Waals surface area contributed by atoms with E-state index in [1.165, 1.54) is 0 Å². The lowest BCUT2D eigenvalue weighted by atomic mass is 9.78. The molecule has 1 aliphatic carbocycles. The van der Waals surface area contributed by atoms with Gasteiger partial charge in [-0.05, 0) is 19.8 Å². The first-order valence-electron chi connectivity index (χ1n) is 6.21. The number of nitrogens with one attached hydrogen (secondary N) is 1. The van der Waals surface area contributed by atoms with Crippen molar-refractivity contribution in [3.05, 3.63) is 0 Å². The maximum absolute atomic E-state index is 12.8. The van der Waals surface area contributed by atoms with Crippen LogP contribution in [0.2, 0.25) is 0 Å². The lowest BCUT2D eigenvalue weighted by Crippen LogP contribution is -2.42. The summed E-state index contributed by atoms with van der Waals surface area (Å²) < 4.78 is 38.4. The van der Waals surface area contributed by atoms with Crippen LogP contribution in [-0.2, 0) is 4.79 Å². The Kier molecular flexibility index (Phi) is 5.52. The molecular formula is C13H18F3NO. The second kappa shape index (κ2) is 6.67. The average Bonchev–Trinajstić information content (AvgIpc) is 2.33. The van der Waals surface area contributed by atoms with E-state index >= 15 is 0 Å². The van der Waals surface area contributed by atoms with Gasteiger partial charge in [0, 0.05) is 18.9 Å². The predicted octanol–water partition coefficient (Wildman–Crippen LogP) is 2.88. The van der Waals surface area contributed by atoms with Crippen LogP contribution in [0, 0.1) is 23.7 Å². The highest BCUT2D eigenvalue weighted by molar-refractivity contribution is 5.79. The Labute approximate surface area is 105 Å². The van der Waals surface area contributed by atoms with E-state index in [9.17, 15) is 18.0 Å². The summed E-state index contributed by atoms with van der Waals surface area (Å²) in [4.78, 5) is 11.8. The minimum absolute atomic E-state index is 0.0658. The van der Waals surface area contributed by atoms with Gasteiger partial charge in [-0.3, -0.25) is 4.79 Å². The van der Waals surface area contributed by atoms with Crippen LogP contribution in [0.15, 0.2) is 0 Å². The molecule has 1 aliphatic rings.